The van der Waals surface area contributed by atoms with Gasteiger partial charge in [-0.15, -0.1) is 0 Å². The van der Waals surface area contributed by atoms with Crippen LogP contribution < -0.4 is 5.32 Å². The van der Waals surface area contributed by atoms with Crippen molar-refractivity contribution in [2.45, 2.75) is 83.0 Å². The molecule has 0 saturated heterocycles. The van der Waals surface area contributed by atoms with Crippen molar-refractivity contribution in [1.82, 2.24) is 10.2 Å². The summed E-state index contributed by atoms with van der Waals surface area (Å²) in [5.41, 5.74) is -0.229. The second kappa shape index (κ2) is 5.59. The molecule has 3 unspecified atom stereocenters. The van der Waals surface area contributed by atoms with Gasteiger partial charge in [0.05, 0.1) is 6.07 Å². The average Bonchev–Trinajstić information content (AvgIpc) is 3.09. The Morgan fingerprint density at radius 3 is 2.61 bits per heavy atom. The monoisotopic (exact) mass is 249 g/mol. The van der Waals surface area contributed by atoms with E-state index in [1.54, 1.807) is 0 Å². The summed E-state index contributed by atoms with van der Waals surface area (Å²) < 4.78 is 0. The maximum Gasteiger partial charge on any atom is 0.108 e. The van der Waals surface area contributed by atoms with Crippen molar-refractivity contribution in [2.24, 2.45) is 0 Å². The van der Waals surface area contributed by atoms with Crippen molar-refractivity contribution in [3.05, 3.63) is 0 Å². The number of hydrogen-bond acceptors (Lipinski definition) is 3. The fourth-order valence-corrected chi connectivity index (χ4v) is 3.35. The van der Waals surface area contributed by atoms with Crippen LogP contribution in [-0.4, -0.2) is 35.1 Å². The lowest BCUT2D eigenvalue weighted by Crippen LogP contribution is -2.46. The minimum absolute atomic E-state index is 0.229. The first kappa shape index (κ1) is 13.8. The van der Waals surface area contributed by atoms with Gasteiger partial charge >= 0.3 is 0 Å². The van der Waals surface area contributed by atoms with Crippen molar-refractivity contribution >= 4 is 0 Å². The molecule has 2 rings (SSSR count). The molecule has 0 amide bonds. The summed E-state index contributed by atoms with van der Waals surface area (Å²) in [7, 11) is 0. The highest BCUT2D eigenvalue weighted by Crippen LogP contribution is 2.36. The molecule has 1 N–H and O–H groups in total. The van der Waals surface area contributed by atoms with E-state index in [9.17, 15) is 5.26 Å². The molecule has 0 heterocycles. The van der Waals surface area contributed by atoms with Crippen LogP contribution in [0.4, 0.5) is 0 Å². The molecule has 0 aromatic rings. The number of nitriles is 1. The second-order valence-corrected chi connectivity index (χ2v) is 6.10. The van der Waals surface area contributed by atoms with E-state index >= 15 is 0 Å². The molecule has 18 heavy (non-hydrogen) atoms. The zero-order chi connectivity index (χ0) is 13.2. The van der Waals surface area contributed by atoms with Gasteiger partial charge in [-0.05, 0) is 52.0 Å². The van der Waals surface area contributed by atoms with Gasteiger partial charge < -0.3 is 0 Å². The van der Waals surface area contributed by atoms with Crippen molar-refractivity contribution < 1.29 is 0 Å². The summed E-state index contributed by atoms with van der Waals surface area (Å²) in [5, 5.41) is 13.1. The van der Waals surface area contributed by atoms with E-state index < -0.39 is 0 Å². The van der Waals surface area contributed by atoms with Crippen LogP contribution in [-0.2, 0) is 0 Å². The van der Waals surface area contributed by atoms with Crippen LogP contribution in [0.3, 0.4) is 0 Å². The van der Waals surface area contributed by atoms with Gasteiger partial charge in [0.1, 0.15) is 5.54 Å². The quantitative estimate of drug-likeness (QED) is 0.786. The van der Waals surface area contributed by atoms with Crippen LogP contribution in [0.15, 0.2) is 0 Å². The van der Waals surface area contributed by atoms with Crippen LogP contribution in [0.5, 0.6) is 0 Å². The fourth-order valence-electron chi connectivity index (χ4n) is 3.35. The van der Waals surface area contributed by atoms with Gasteiger partial charge in [-0.1, -0.05) is 13.8 Å². The summed E-state index contributed by atoms with van der Waals surface area (Å²) >= 11 is 0. The number of nitrogens with zero attached hydrogens (tertiary/aromatic N) is 2. The summed E-state index contributed by atoms with van der Waals surface area (Å²) in [6.07, 6.45) is 6.93. The third-order valence-corrected chi connectivity index (χ3v) is 4.75. The van der Waals surface area contributed by atoms with Gasteiger partial charge in [-0.3, -0.25) is 10.2 Å². The van der Waals surface area contributed by atoms with E-state index in [0.717, 1.165) is 19.4 Å². The third-order valence-electron chi connectivity index (χ3n) is 4.75. The van der Waals surface area contributed by atoms with E-state index in [1.165, 1.54) is 25.7 Å². The number of hydrogen-bond donors (Lipinski definition) is 1. The molecule has 0 aliphatic heterocycles. The van der Waals surface area contributed by atoms with Gasteiger partial charge in [0.25, 0.3) is 0 Å². The first-order chi connectivity index (χ1) is 8.64. The van der Waals surface area contributed by atoms with Crippen LogP contribution >= 0.6 is 0 Å². The predicted octanol–water partition coefficient (Wildman–Crippen LogP) is 2.67. The Balaban J connectivity index is 1.98. The average molecular weight is 249 g/mol. The lowest BCUT2D eigenvalue weighted by atomic mass is 9.98. The van der Waals surface area contributed by atoms with E-state index in [0.29, 0.717) is 18.1 Å². The topological polar surface area (TPSA) is 39.1 Å². The molecule has 0 aromatic carbocycles. The standard InChI is InChI=1S/C15H27N3/c1-4-12(3)18(5-2)14-8-9-15(10-14,11-16)17-13-6-7-13/h12-14,17H,4-10H2,1-3H3. The van der Waals surface area contributed by atoms with Gasteiger partial charge in [0.2, 0.25) is 0 Å². The predicted molar refractivity (Wildman–Crippen MR) is 74.3 cm³/mol. The summed E-state index contributed by atoms with van der Waals surface area (Å²) in [4.78, 5) is 2.59. The lowest BCUT2D eigenvalue weighted by molar-refractivity contribution is 0.145. The van der Waals surface area contributed by atoms with E-state index in [2.05, 4.69) is 37.1 Å². The second-order valence-electron chi connectivity index (χ2n) is 6.10. The summed E-state index contributed by atoms with van der Waals surface area (Å²) in [6.45, 7) is 7.91. The number of rotatable bonds is 6. The van der Waals surface area contributed by atoms with Crippen molar-refractivity contribution in [3.63, 3.8) is 0 Å². The van der Waals surface area contributed by atoms with E-state index in [-0.39, 0.29) is 5.54 Å². The molecule has 2 fully saturated rings. The molecule has 2 aliphatic rings. The van der Waals surface area contributed by atoms with Crippen molar-refractivity contribution in [2.75, 3.05) is 6.54 Å². The van der Waals surface area contributed by atoms with E-state index in [4.69, 9.17) is 0 Å². The minimum atomic E-state index is -0.229. The van der Waals surface area contributed by atoms with Crippen LogP contribution in [0.1, 0.15) is 59.3 Å². The molecule has 102 valence electrons. The first-order valence-electron chi connectivity index (χ1n) is 7.58. The molecular formula is C15H27N3. The smallest absolute Gasteiger partial charge is 0.108 e. The molecule has 2 aliphatic carbocycles. The highest BCUT2D eigenvalue weighted by atomic mass is 15.2. The maximum absolute atomic E-state index is 9.53. The zero-order valence-electron chi connectivity index (χ0n) is 12.1. The van der Waals surface area contributed by atoms with Crippen molar-refractivity contribution in [1.29, 1.82) is 5.26 Å². The van der Waals surface area contributed by atoms with Crippen LogP contribution in [0.2, 0.25) is 0 Å². The summed E-state index contributed by atoms with van der Waals surface area (Å²) in [6, 6.07) is 4.43. The highest BCUT2D eigenvalue weighted by Gasteiger charge is 2.44. The maximum atomic E-state index is 9.53. The van der Waals surface area contributed by atoms with Gasteiger partial charge in [0.15, 0.2) is 0 Å². The largest absolute Gasteiger partial charge is 0.298 e. The SMILES string of the molecule is CCC(C)N(CC)C1CCC(C#N)(NC2CC2)C1. The lowest BCUT2D eigenvalue weighted by Gasteiger charge is -2.34. The van der Waals surface area contributed by atoms with E-state index in [1.807, 2.05) is 0 Å². The Hall–Kier alpha value is -0.590. The molecule has 3 nitrogen and oxygen atoms in total. The third kappa shape index (κ3) is 2.87. The molecule has 2 saturated carbocycles. The normalized spacial score (nSPS) is 33.6. The summed E-state index contributed by atoms with van der Waals surface area (Å²) in [5.74, 6) is 0. The van der Waals surface area contributed by atoms with Crippen LogP contribution in [0.25, 0.3) is 0 Å². The molecule has 0 radical (unpaired) electrons. The Morgan fingerprint density at radius 1 is 1.39 bits per heavy atom. The fraction of sp³-hybridized carbons (Fsp3) is 0.933. The molecular weight excluding hydrogens is 222 g/mol. The first-order valence-corrected chi connectivity index (χ1v) is 7.58. The zero-order valence-corrected chi connectivity index (χ0v) is 12.1. The molecule has 3 heteroatoms. The van der Waals surface area contributed by atoms with Gasteiger partial charge in [0, 0.05) is 18.1 Å². The van der Waals surface area contributed by atoms with Gasteiger partial charge in [-0.25, -0.2) is 0 Å². The molecule has 0 spiro atoms. The van der Waals surface area contributed by atoms with Gasteiger partial charge in [-0.2, -0.15) is 5.26 Å². The molecule has 0 bridgehead atoms. The highest BCUT2D eigenvalue weighted by molar-refractivity contribution is 5.15. The van der Waals surface area contributed by atoms with Crippen LogP contribution in [0, 0.1) is 11.3 Å². The molecule has 0 aromatic heterocycles. The minimum Gasteiger partial charge on any atom is -0.298 e. The molecule has 3 atom stereocenters. The number of nitrogens with one attached hydrogen (secondary N) is 1. The Kier molecular flexibility index (Phi) is 4.29. The Bertz CT molecular complexity index is 318. The van der Waals surface area contributed by atoms with Crippen molar-refractivity contribution in [3.8, 4) is 6.07 Å². The Labute approximate surface area is 112 Å². The Morgan fingerprint density at radius 2 is 2.11 bits per heavy atom.